The Kier molecular flexibility index (Phi) is 6.18. The second-order valence-corrected chi connectivity index (χ2v) is 8.51. The summed E-state index contributed by atoms with van der Waals surface area (Å²) in [5.41, 5.74) is 3.56. The van der Waals surface area contributed by atoms with Crippen molar-refractivity contribution in [1.82, 2.24) is 9.80 Å². The van der Waals surface area contributed by atoms with Gasteiger partial charge in [-0.3, -0.25) is 9.69 Å². The van der Waals surface area contributed by atoms with Gasteiger partial charge in [0.2, 0.25) is 5.91 Å². The number of aldehydes is 1. The van der Waals surface area contributed by atoms with Gasteiger partial charge in [-0.2, -0.15) is 0 Å². The van der Waals surface area contributed by atoms with Crippen molar-refractivity contribution in [2.45, 2.75) is 38.3 Å². The number of benzene rings is 2. The summed E-state index contributed by atoms with van der Waals surface area (Å²) in [7, 11) is 1.66. The lowest BCUT2D eigenvalue weighted by atomic mass is 9.80. The molecule has 3 atom stereocenters. The number of carbonyl (C=O) groups excluding carboxylic acids is 2. The second-order valence-electron chi connectivity index (χ2n) is 8.51. The second kappa shape index (κ2) is 9.00. The monoisotopic (exact) mass is 406 g/mol. The molecule has 0 N–H and O–H groups in total. The molecule has 2 aromatic rings. The van der Waals surface area contributed by atoms with E-state index in [1.165, 1.54) is 16.7 Å². The molecule has 3 unspecified atom stereocenters. The van der Waals surface area contributed by atoms with Crippen LogP contribution in [-0.2, 0) is 16.1 Å². The van der Waals surface area contributed by atoms with Crippen molar-refractivity contribution < 1.29 is 14.3 Å². The number of hydrogen-bond donors (Lipinski definition) is 0. The molecule has 5 nitrogen and oxygen atoms in total. The molecule has 2 aliphatic heterocycles. The van der Waals surface area contributed by atoms with Crippen LogP contribution in [0.15, 0.2) is 48.5 Å². The standard InChI is InChI=1S/C25H30N2O3/c1-18-3-5-19(6-4-18)15-27-14-12-24(25(27)29)26-13-11-23(21(16-26)17-28)20-7-9-22(30-2)10-8-20/h3-10,17,21,23-24H,11-16H2,1-2H3. The van der Waals surface area contributed by atoms with Gasteiger partial charge in [0.25, 0.3) is 0 Å². The number of likely N-dealkylation sites (tertiary alicyclic amines) is 2. The van der Waals surface area contributed by atoms with E-state index < -0.39 is 0 Å². The van der Waals surface area contributed by atoms with Crippen molar-refractivity contribution in [3.05, 3.63) is 65.2 Å². The molecule has 30 heavy (non-hydrogen) atoms. The van der Waals surface area contributed by atoms with E-state index in [4.69, 9.17) is 4.74 Å². The molecule has 1 amide bonds. The van der Waals surface area contributed by atoms with Gasteiger partial charge in [0.1, 0.15) is 12.0 Å². The van der Waals surface area contributed by atoms with E-state index in [2.05, 4.69) is 48.2 Å². The van der Waals surface area contributed by atoms with Crippen LogP contribution < -0.4 is 4.74 Å². The Morgan fingerprint density at radius 2 is 1.77 bits per heavy atom. The van der Waals surface area contributed by atoms with Crippen molar-refractivity contribution in [1.29, 1.82) is 0 Å². The summed E-state index contributed by atoms with van der Waals surface area (Å²) in [6, 6.07) is 16.3. The van der Waals surface area contributed by atoms with Crippen LogP contribution in [0.2, 0.25) is 0 Å². The maximum atomic E-state index is 13.1. The molecule has 0 radical (unpaired) electrons. The van der Waals surface area contributed by atoms with E-state index in [-0.39, 0.29) is 23.8 Å². The van der Waals surface area contributed by atoms with Crippen LogP contribution in [-0.4, -0.2) is 54.8 Å². The zero-order valence-electron chi connectivity index (χ0n) is 17.8. The molecular formula is C25H30N2O3. The maximum absolute atomic E-state index is 13.1. The van der Waals surface area contributed by atoms with E-state index >= 15 is 0 Å². The van der Waals surface area contributed by atoms with Crippen molar-refractivity contribution in [3.8, 4) is 5.75 Å². The number of piperidine rings is 1. The number of amides is 1. The van der Waals surface area contributed by atoms with Crippen molar-refractivity contribution in [2.24, 2.45) is 5.92 Å². The van der Waals surface area contributed by atoms with Gasteiger partial charge in [0.05, 0.1) is 13.2 Å². The lowest BCUT2D eigenvalue weighted by molar-refractivity contribution is -0.134. The van der Waals surface area contributed by atoms with Gasteiger partial charge >= 0.3 is 0 Å². The third-order valence-electron chi connectivity index (χ3n) is 6.61. The van der Waals surface area contributed by atoms with Crippen LogP contribution in [0, 0.1) is 12.8 Å². The summed E-state index contributed by atoms with van der Waals surface area (Å²) >= 11 is 0. The average Bonchev–Trinajstić information content (AvgIpc) is 3.15. The highest BCUT2D eigenvalue weighted by Gasteiger charge is 2.40. The van der Waals surface area contributed by atoms with Gasteiger partial charge in [-0.05, 0) is 55.5 Å². The van der Waals surface area contributed by atoms with Gasteiger partial charge in [-0.15, -0.1) is 0 Å². The first-order valence-corrected chi connectivity index (χ1v) is 10.8. The summed E-state index contributed by atoms with van der Waals surface area (Å²) in [6.45, 7) is 5.00. The van der Waals surface area contributed by atoms with Crippen molar-refractivity contribution in [2.75, 3.05) is 26.7 Å². The minimum atomic E-state index is -0.102. The highest BCUT2D eigenvalue weighted by molar-refractivity contribution is 5.84. The van der Waals surface area contributed by atoms with Crippen molar-refractivity contribution >= 4 is 12.2 Å². The van der Waals surface area contributed by atoms with Crippen molar-refractivity contribution in [3.63, 3.8) is 0 Å². The van der Waals surface area contributed by atoms with E-state index in [1.54, 1.807) is 7.11 Å². The first-order valence-electron chi connectivity index (χ1n) is 10.8. The molecule has 2 aliphatic rings. The molecular weight excluding hydrogens is 376 g/mol. The summed E-state index contributed by atoms with van der Waals surface area (Å²) in [6.07, 6.45) is 2.80. The number of aryl methyl sites for hydroxylation is 1. The van der Waals surface area contributed by atoms with Gasteiger partial charge in [-0.25, -0.2) is 0 Å². The number of methoxy groups -OCH3 is 1. The van der Waals surface area contributed by atoms with Crippen LogP contribution in [0.3, 0.4) is 0 Å². The largest absolute Gasteiger partial charge is 0.497 e. The van der Waals surface area contributed by atoms with E-state index in [0.717, 1.165) is 38.0 Å². The minimum absolute atomic E-state index is 0.0916. The highest BCUT2D eigenvalue weighted by atomic mass is 16.5. The molecule has 2 fully saturated rings. The summed E-state index contributed by atoms with van der Waals surface area (Å²) < 4.78 is 5.24. The Balaban J connectivity index is 1.39. The third kappa shape index (κ3) is 4.26. The van der Waals surface area contributed by atoms with Crippen LogP contribution in [0.1, 0.15) is 35.4 Å². The normalized spacial score (nSPS) is 24.8. The Bertz CT molecular complexity index is 878. The highest BCUT2D eigenvalue weighted by Crippen LogP contribution is 2.35. The Morgan fingerprint density at radius 1 is 1.03 bits per heavy atom. The van der Waals surface area contributed by atoms with Gasteiger partial charge < -0.3 is 14.4 Å². The van der Waals surface area contributed by atoms with Gasteiger partial charge in [0, 0.05) is 25.6 Å². The fourth-order valence-electron chi connectivity index (χ4n) is 4.83. The summed E-state index contributed by atoms with van der Waals surface area (Å²) in [5.74, 6) is 1.13. The first kappa shape index (κ1) is 20.6. The SMILES string of the molecule is COc1ccc(C2CCN(C3CCN(Cc4ccc(C)cc4)C3=O)CC2C=O)cc1. The zero-order chi connectivity index (χ0) is 21.1. The topological polar surface area (TPSA) is 49.9 Å². The zero-order valence-corrected chi connectivity index (χ0v) is 17.8. The Morgan fingerprint density at radius 3 is 2.43 bits per heavy atom. The van der Waals surface area contributed by atoms with Crippen LogP contribution in [0.25, 0.3) is 0 Å². The van der Waals surface area contributed by atoms with E-state index in [9.17, 15) is 9.59 Å². The first-order chi connectivity index (χ1) is 14.6. The predicted octanol–water partition coefficient (Wildman–Crippen LogP) is 3.41. The van der Waals surface area contributed by atoms with Gasteiger partial charge in [-0.1, -0.05) is 42.0 Å². The number of rotatable bonds is 6. The van der Waals surface area contributed by atoms with Crippen LogP contribution >= 0.6 is 0 Å². The van der Waals surface area contributed by atoms with Gasteiger partial charge in [0.15, 0.2) is 0 Å². The van der Waals surface area contributed by atoms with Crippen LogP contribution in [0.4, 0.5) is 0 Å². The third-order valence-corrected chi connectivity index (χ3v) is 6.61. The summed E-state index contributed by atoms with van der Waals surface area (Å²) in [5, 5.41) is 0. The predicted molar refractivity (Wildman–Crippen MR) is 116 cm³/mol. The molecule has 0 saturated carbocycles. The fourth-order valence-corrected chi connectivity index (χ4v) is 4.83. The molecule has 0 bridgehead atoms. The molecule has 2 saturated heterocycles. The molecule has 0 aliphatic carbocycles. The number of ether oxygens (including phenoxy) is 1. The quantitative estimate of drug-likeness (QED) is 0.690. The molecule has 158 valence electrons. The molecule has 4 rings (SSSR count). The van der Waals surface area contributed by atoms with E-state index in [0.29, 0.717) is 13.1 Å². The minimum Gasteiger partial charge on any atom is -0.497 e. The average molecular weight is 407 g/mol. The lowest BCUT2D eigenvalue weighted by Gasteiger charge is -2.38. The van der Waals surface area contributed by atoms with E-state index in [1.807, 2.05) is 17.0 Å². The number of hydrogen-bond acceptors (Lipinski definition) is 4. The molecule has 2 aromatic carbocycles. The number of carbonyl (C=O) groups is 2. The Hall–Kier alpha value is -2.66. The molecule has 0 aromatic heterocycles. The molecule has 2 heterocycles. The molecule has 0 spiro atoms. The smallest absolute Gasteiger partial charge is 0.240 e. The number of nitrogens with zero attached hydrogens (tertiary/aromatic N) is 2. The fraction of sp³-hybridized carbons (Fsp3) is 0.440. The molecule has 5 heteroatoms. The van der Waals surface area contributed by atoms with Crippen LogP contribution in [0.5, 0.6) is 5.75 Å². The summed E-state index contributed by atoms with van der Waals surface area (Å²) in [4.78, 5) is 29.2. The Labute approximate surface area is 178 Å². The lowest BCUT2D eigenvalue weighted by Crippen LogP contribution is -2.48. The maximum Gasteiger partial charge on any atom is 0.240 e.